The molecule has 0 saturated carbocycles. The molecule has 0 heterocycles. The Morgan fingerprint density at radius 2 is 2.10 bits per heavy atom. The molecule has 0 bridgehead atoms. The third-order valence-electron chi connectivity index (χ3n) is 1.33. The highest BCUT2D eigenvalue weighted by atomic mass is 16.3. The maximum atomic E-state index is 9.46. The summed E-state index contributed by atoms with van der Waals surface area (Å²) < 4.78 is 0. The lowest BCUT2D eigenvalue weighted by Crippen LogP contribution is -2.25. The fourth-order valence-electron chi connectivity index (χ4n) is 0.979. The van der Waals surface area contributed by atoms with Crippen molar-refractivity contribution in [2.75, 3.05) is 6.61 Å². The first-order valence-electron chi connectivity index (χ1n) is 3.45. The molecular formula is C8H16O2. The normalized spacial score (nSPS) is 16.4. The molecular weight excluding hydrogens is 128 g/mol. The summed E-state index contributed by atoms with van der Waals surface area (Å²) >= 11 is 0. The third-order valence-corrected chi connectivity index (χ3v) is 1.33. The lowest BCUT2D eigenvalue weighted by molar-refractivity contribution is 0.0340. The molecule has 0 aliphatic heterocycles. The Balaban J connectivity index is 3.74. The first kappa shape index (κ1) is 9.66. The Labute approximate surface area is 62.2 Å². The summed E-state index contributed by atoms with van der Waals surface area (Å²) in [6, 6.07) is 0. The van der Waals surface area contributed by atoms with E-state index >= 15 is 0 Å². The molecule has 0 spiro atoms. The summed E-state index contributed by atoms with van der Waals surface area (Å²) in [6.45, 7) is 7.28. The molecule has 0 radical (unpaired) electrons. The summed E-state index contributed by atoms with van der Waals surface area (Å²) in [5.41, 5.74) is 0.166. The lowest BCUT2D eigenvalue weighted by atomic mass is 9.95. The van der Waals surface area contributed by atoms with Crippen LogP contribution in [-0.4, -0.2) is 22.4 Å². The van der Waals surface area contributed by atoms with E-state index in [-0.39, 0.29) is 6.61 Å². The van der Waals surface area contributed by atoms with Crippen LogP contribution in [0.3, 0.4) is 0 Å². The van der Waals surface area contributed by atoms with Crippen molar-refractivity contribution in [3.8, 4) is 0 Å². The standard InChI is InChI=1S/C8H16O2/c1-7(2)6-8(3,10)4-5-9/h9-10H,1,4-6H2,2-3H3. The number of rotatable bonds is 4. The molecule has 2 heteroatoms. The van der Waals surface area contributed by atoms with Crippen LogP contribution in [0.4, 0.5) is 0 Å². The minimum absolute atomic E-state index is 0.0281. The van der Waals surface area contributed by atoms with Crippen LogP contribution in [0.5, 0.6) is 0 Å². The molecule has 0 fully saturated rings. The molecule has 1 unspecified atom stereocenters. The number of hydrogen-bond acceptors (Lipinski definition) is 2. The van der Waals surface area contributed by atoms with E-state index in [9.17, 15) is 5.11 Å². The van der Waals surface area contributed by atoms with Crippen LogP contribution >= 0.6 is 0 Å². The van der Waals surface area contributed by atoms with E-state index in [1.807, 2.05) is 6.92 Å². The fourth-order valence-corrected chi connectivity index (χ4v) is 0.979. The zero-order chi connectivity index (χ0) is 8.20. The Hall–Kier alpha value is -0.340. The largest absolute Gasteiger partial charge is 0.396 e. The van der Waals surface area contributed by atoms with Crippen molar-refractivity contribution in [3.63, 3.8) is 0 Å². The van der Waals surface area contributed by atoms with Crippen molar-refractivity contribution in [2.45, 2.75) is 32.3 Å². The molecule has 0 aromatic heterocycles. The van der Waals surface area contributed by atoms with E-state index in [1.165, 1.54) is 0 Å². The van der Waals surface area contributed by atoms with Gasteiger partial charge in [-0.15, -0.1) is 6.58 Å². The molecule has 0 saturated heterocycles. The van der Waals surface area contributed by atoms with E-state index in [1.54, 1.807) is 6.92 Å². The van der Waals surface area contributed by atoms with Gasteiger partial charge in [0, 0.05) is 6.61 Å². The maximum Gasteiger partial charge on any atom is 0.0678 e. The van der Waals surface area contributed by atoms with Gasteiger partial charge in [-0.05, 0) is 26.7 Å². The second-order valence-corrected chi connectivity index (χ2v) is 3.10. The molecule has 0 amide bonds. The van der Waals surface area contributed by atoms with Crippen molar-refractivity contribution in [1.29, 1.82) is 0 Å². The average molecular weight is 144 g/mol. The SMILES string of the molecule is C=C(C)CC(C)(O)CCO. The molecule has 1 atom stereocenters. The van der Waals surface area contributed by atoms with E-state index < -0.39 is 5.60 Å². The van der Waals surface area contributed by atoms with Crippen LogP contribution in [-0.2, 0) is 0 Å². The van der Waals surface area contributed by atoms with E-state index in [0.717, 1.165) is 5.57 Å². The average Bonchev–Trinajstić information content (AvgIpc) is 1.59. The summed E-state index contributed by atoms with van der Waals surface area (Å²) in [5.74, 6) is 0. The molecule has 0 aromatic carbocycles. The third kappa shape index (κ3) is 4.53. The molecule has 0 aromatic rings. The monoisotopic (exact) mass is 144 g/mol. The van der Waals surface area contributed by atoms with Crippen LogP contribution in [0, 0.1) is 0 Å². The molecule has 0 rings (SSSR count). The van der Waals surface area contributed by atoms with Gasteiger partial charge in [0.15, 0.2) is 0 Å². The molecule has 0 aliphatic rings. The van der Waals surface area contributed by atoms with Crippen molar-refractivity contribution in [2.24, 2.45) is 0 Å². The number of hydrogen-bond donors (Lipinski definition) is 2. The first-order valence-corrected chi connectivity index (χ1v) is 3.45. The predicted molar refractivity (Wildman–Crippen MR) is 41.8 cm³/mol. The van der Waals surface area contributed by atoms with Crippen LogP contribution in [0.1, 0.15) is 26.7 Å². The van der Waals surface area contributed by atoms with Crippen LogP contribution in [0.15, 0.2) is 12.2 Å². The molecule has 2 N–H and O–H groups in total. The smallest absolute Gasteiger partial charge is 0.0678 e. The highest BCUT2D eigenvalue weighted by molar-refractivity contribution is 4.95. The topological polar surface area (TPSA) is 40.5 Å². The quantitative estimate of drug-likeness (QED) is 0.580. The molecule has 0 aliphatic carbocycles. The Kier molecular flexibility index (Phi) is 3.61. The predicted octanol–water partition coefficient (Wildman–Crippen LogP) is 1.09. The van der Waals surface area contributed by atoms with Gasteiger partial charge < -0.3 is 10.2 Å². The Morgan fingerprint density at radius 1 is 1.60 bits per heavy atom. The fraction of sp³-hybridized carbons (Fsp3) is 0.750. The van der Waals surface area contributed by atoms with Crippen LogP contribution < -0.4 is 0 Å². The summed E-state index contributed by atoms with van der Waals surface area (Å²) in [4.78, 5) is 0. The minimum atomic E-state index is -0.777. The number of aliphatic hydroxyl groups is 2. The van der Waals surface area contributed by atoms with Crippen molar-refractivity contribution in [3.05, 3.63) is 12.2 Å². The Bertz CT molecular complexity index is 116. The molecule has 10 heavy (non-hydrogen) atoms. The van der Waals surface area contributed by atoms with Crippen molar-refractivity contribution < 1.29 is 10.2 Å². The van der Waals surface area contributed by atoms with Gasteiger partial charge >= 0.3 is 0 Å². The zero-order valence-electron chi connectivity index (χ0n) is 6.72. The number of aliphatic hydroxyl groups excluding tert-OH is 1. The maximum absolute atomic E-state index is 9.46. The van der Waals surface area contributed by atoms with Gasteiger partial charge in [-0.2, -0.15) is 0 Å². The van der Waals surface area contributed by atoms with Crippen molar-refractivity contribution >= 4 is 0 Å². The summed E-state index contributed by atoms with van der Waals surface area (Å²) in [7, 11) is 0. The molecule has 2 nitrogen and oxygen atoms in total. The van der Waals surface area contributed by atoms with Gasteiger partial charge in [0.05, 0.1) is 5.60 Å². The van der Waals surface area contributed by atoms with Gasteiger partial charge in [0.25, 0.3) is 0 Å². The van der Waals surface area contributed by atoms with Gasteiger partial charge in [0.1, 0.15) is 0 Å². The summed E-state index contributed by atoms with van der Waals surface area (Å²) in [5, 5.41) is 18.0. The Morgan fingerprint density at radius 3 is 2.40 bits per heavy atom. The van der Waals surface area contributed by atoms with Crippen molar-refractivity contribution in [1.82, 2.24) is 0 Å². The van der Waals surface area contributed by atoms with Gasteiger partial charge in [-0.1, -0.05) is 5.57 Å². The summed E-state index contributed by atoms with van der Waals surface area (Å²) in [6.07, 6.45) is 0.980. The van der Waals surface area contributed by atoms with Crippen LogP contribution in [0.25, 0.3) is 0 Å². The highest BCUT2D eigenvalue weighted by Crippen LogP contribution is 2.17. The van der Waals surface area contributed by atoms with Crippen LogP contribution in [0.2, 0.25) is 0 Å². The van der Waals surface area contributed by atoms with E-state index in [4.69, 9.17) is 5.11 Å². The van der Waals surface area contributed by atoms with E-state index in [2.05, 4.69) is 6.58 Å². The highest BCUT2D eigenvalue weighted by Gasteiger charge is 2.18. The van der Waals surface area contributed by atoms with Gasteiger partial charge in [-0.25, -0.2) is 0 Å². The zero-order valence-corrected chi connectivity index (χ0v) is 6.72. The van der Waals surface area contributed by atoms with Gasteiger partial charge in [-0.3, -0.25) is 0 Å². The van der Waals surface area contributed by atoms with Gasteiger partial charge in [0.2, 0.25) is 0 Å². The first-order chi connectivity index (χ1) is 4.48. The minimum Gasteiger partial charge on any atom is -0.396 e. The van der Waals surface area contributed by atoms with E-state index in [0.29, 0.717) is 12.8 Å². The lowest BCUT2D eigenvalue weighted by Gasteiger charge is -2.21. The second kappa shape index (κ2) is 3.74. The second-order valence-electron chi connectivity index (χ2n) is 3.10. The molecule has 60 valence electrons.